The average Bonchev–Trinajstić information content (AvgIpc) is 2.53. The van der Waals surface area contributed by atoms with Gasteiger partial charge in [0.2, 0.25) is 0 Å². The number of hydrogen-bond donors (Lipinski definition) is 0. The van der Waals surface area contributed by atoms with Crippen LogP contribution in [0.15, 0.2) is 57.4 Å². The van der Waals surface area contributed by atoms with E-state index in [9.17, 15) is 10.1 Å². The minimum atomic E-state index is -0.410. The summed E-state index contributed by atoms with van der Waals surface area (Å²) < 4.78 is 5.16. The van der Waals surface area contributed by atoms with Gasteiger partial charge in [0.25, 0.3) is 5.69 Å². The number of methoxy groups -OCH3 is 1. The summed E-state index contributed by atoms with van der Waals surface area (Å²) in [5.74, 6) is 0.705. The Morgan fingerprint density at radius 1 is 1.23 bits per heavy atom. The van der Waals surface area contributed by atoms with Gasteiger partial charge in [0.05, 0.1) is 23.1 Å². The third-order valence-corrected chi connectivity index (χ3v) is 3.81. The first-order chi connectivity index (χ1) is 10.6. The summed E-state index contributed by atoms with van der Waals surface area (Å²) >= 11 is 1.31. The van der Waals surface area contributed by atoms with Crippen molar-refractivity contribution < 1.29 is 14.5 Å². The van der Waals surface area contributed by atoms with Crippen LogP contribution in [0.5, 0.6) is 5.75 Å². The predicted molar refractivity (Wildman–Crippen MR) is 84.8 cm³/mol. The van der Waals surface area contributed by atoms with Gasteiger partial charge < -0.3 is 9.57 Å². The molecule has 22 heavy (non-hydrogen) atoms. The molecule has 0 N–H and O–H groups in total. The van der Waals surface area contributed by atoms with Crippen LogP contribution in [0.3, 0.4) is 0 Å². The molecule has 2 aromatic carbocycles. The minimum absolute atomic E-state index is 0.0212. The lowest BCUT2D eigenvalue weighted by Gasteiger charge is -2.06. The molecule has 0 saturated carbocycles. The lowest BCUT2D eigenvalue weighted by atomic mass is 10.2. The molecule has 0 aliphatic rings. The van der Waals surface area contributed by atoms with Gasteiger partial charge in [-0.25, -0.2) is 0 Å². The number of nitro benzene ring substituents is 1. The molecule has 0 spiro atoms. The zero-order chi connectivity index (χ0) is 15.9. The Morgan fingerprint density at radius 3 is 2.73 bits per heavy atom. The largest absolute Gasteiger partial charge is 0.497 e. The molecule has 0 aromatic heterocycles. The van der Waals surface area contributed by atoms with Gasteiger partial charge in [-0.05, 0) is 24.3 Å². The first-order valence-corrected chi connectivity index (χ1v) is 7.12. The molecule has 0 unspecified atom stereocenters. The van der Waals surface area contributed by atoms with Gasteiger partial charge in [-0.1, -0.05) is 29.1 Å². The van der Waals surface area contributed by atoms with Crippen LogP contribution < -0.4 is 4.74 Å². The third kappa shape index (κ3) is 3.98. The van der Waals surface area contributed by atoms with Gasteiger partial charge in [0.1, 0.15) is 12.9 Å². The highest BCUT2D eigenvalue weighted by molar-refractivity contribution is 7.99. The second-order valence-electron chi connectivity index (χ2n) is 4.18. The van der Waals surface area contributed by atoms with Crippen molar-refractivity contribution in [1.82, 2.24) is 0 Å². The molecule has 0 aliphatic heterocycles. The van der Waals surface area contributed by atoms with E-state index in [1.54, 1.807) is 19.2 Å². The van der Waals surface area contributed by atoms with E-state index in [-0.39, 0.29) is 5.69 Å². The number of nitrogens with zero attached hydrogens (tertiary/aromatic N) is 2. The SMILES string of the molecule is CON=Cc1ccc(Sc2cccc(OC)c2)c([N+](=O)[O-])c1. The fourth-order valence-corrected chi connectivity index (χ4v) is 2.70. The number of hydrogen-bond acceptors (Lipinski definition) is 6. The van der Waals surface area contributed by atoms with Crippen LogP contribution in [-0.4, -0.2) is 25.4 Å². The molecule has 0 radical (unpaired) electrons. The van der Waals surface area contributed by atoms with Crippen molar-refractivity contribution in [1.29, 1.82) is 0 Å². The predicted octanol–water partition coefficient (Wildman–Crippen LogP) is 3.73. The number of rotatable bonds is 6. The average molecular weight is 318 g/mol. The summed E-state index contributed by atoms with van der Waals surface area (Å²) in [4.78, 5) is 16.8. The van der Waals surface area contributed by atoms with E-state index in [0.717, 1.165) is 4.90 Å². The van der Waals surface area contributed by atoms with Gasteiger partial charge in [0, 0.05) is 16.5 Å². The molecule has 6 nitrogen and oxygen atoms in total. The van der Waals surface area contributed by atoms with Crippen LogP contribution in [0, 0.1) is 10.1 Å². The molecular weight excluding hydrogens is 304 g/mol. The second kappa shape index (κ2) is 7.46. The minimum Gasteiger partial charge on any atom is -0.497 e. The molecule has 2 rings (SSSR count). The van der Waals surface area contributed by atoms with Crippen molar-refractivity contribution in [3.05, 3.63) is 58.1 Å². The van der Waals surface area contributed by atoms with E-state index >= 15 is 0 Å². The first kappa shape index (κ1) is 15.8. The number of nitro groups is 1. The quantitative estimate of drug-likeness (QED) is 0.461. The van der Waals surface area contributed by atoms with Crippen LogP contribution in [0.25, 0.3) is 0 Å². The van der Waals surface area contributed by atoms with Crippen LogP contribution in [0.1, 0.15) is 5.56 Å². The van der Waals surface area contributed by atoms with Gasteiger partial charge in [-0.3, -0.25) is 10.1 Å². The Bertz CT molecular complexity index is 704. The lowest BCUT2D eigenvalue weighted by Crippen LogP contribution is -1.93. The topological polar surface area (TPSA) is 74.0 Å². The van der Waals surface area contributed by atoms with Crippen molar-refractivity contribution >= 4 is 23.7 Å². The van der Waals surface area contributed by atoms with E-state index in [1.807, 2.05) is 24.3 Å². The Balaban J connectivity index is 2.33. The second-order valence-corrected chi connectivity index (χ2v) is 5.30. The summed E-state index contributed by atoms with van der Waals surface area (Å²) in [5, 5.41) is 14.9. The van der Waals surface area contributed by atoms with Crippen molar-refractivity contribution in [3.8, 4) is 5.75 Å². The van der Waals surface area contributed by atoms with Crippen LogP contribution in [0.4, 0.5) is 5.69 Å². The summed E-state index contributed by atoms with van der Waals surface area (Å²) in [6, 6.07) is 12.3. The zero-order valence-corrected chi connectivity index (χ0v) is 12.9. The summed E-state index contributed by atoms with van der Waals surface area (Å²) in [6.07, 6.45) is 1.42. The lowest BCUT2D eigenvalue weighted by molar-refractivity contribution is -0.387. The molecule has 0 bridgehead atoms. The summed E-state index contributed by atoms with van der Waals surface area (Å²) in [7, 11) is 2.99. The molecule has 114 valence electrons. The monoisotopic (exact) mass is 318 g/mol. The molecule has 2 aromatic rings. The molecule has 0 fully saturated rings. The molecule has 0 heterocycles. The van der Waals surface area contributed by atoms with Gasteiger partial charge in [-0.2, -0.15) is 0 Å². The maximum Gasteiger partial charge on any atom is 0.283 e. The number of oxime groups is 1. The number of ether oxygens (including phenoxy) is 1. The van der Waals surface area contributed by atoms with E-state index in [2.05, 4.69) is 9.99 Å². The van der Waals surface area contributed by atoms with Gasteiger partial charge in [0.15, 0.2) is 0 Å². The molecule has 7 heteroatoms. The van der Waals surface area contributed by atoms with Crippen molar-refractivity contribution in [2.24, 2.45) is 5.16 Å². The molecular formula is C15H14N2O4S. The Hall–Kier alpha value is -2.54. The van der Waals surface area contributed by atoms with Crippen LogP contribution >= 0.6 is 11.8 Å². The maximum atomic E-state index is 11.3. The van der Waals surface area contributed by atoms with Crippen molar-refractivity contribution in [2.75, 3.05) is 14.2 Å². The third-order valence-electron chi connectivity index (χ3n) is 2.76. The molecule has 0 amide bonds. The maximum absolute atomic E-state index is 11.3. The molecule has 0 aliphatic carbocycles. The van der Waals surface area contributed by atoms with E-state index in [4.69, 9.17) is 4.74 Å². The first-order valence-electron chi connectivity index (χ1n) is 6.31. The summed E-state index contributed by atoms with van der Waals surface area (Å²) in [6.45, 7) is 0. The van der Waals surface area contributed by atoms with Gasteiger partial charge >= 0.3 is 0 Å². The van der Waals surface area contributed by atoms with E-state index < -0.39 is 4.92 Å². The highest BCUT2D eigenvalue weighted by Gasteiger charge is 2.15. The smallest absolute Gasteiger partial charge is 0.283 e. The van der Waals surface area contributed by atoms with Crippen molar-refractivity contribution in [3.63, 3.8) is 0 Å². The Morgan fingerprint density at radius 2 is 2.05 bits per heavy atom. The molecule has 0 saturated heterocycles. The highest BCUT2D eigenvalue weighted by Crippen LogP contribution is 2.36. The van der Waals surface area contributed by atoms with E-state index in [0.29, 0.717) is 16.2 Å². The van der Waals surface area contributed by atoms with Crippen LogP contribution in [0.2, 0.25) is 0 Å². The van der Waals surface area contributed by atoms with Crippen LogP contribution in [-0.2, 0) is 4.84 Å². The Kier molecular flexibility index (Phi) is 5.37. The summed E-state index contributed by atoms with van der Waals surface area (Å²) in [5.41, 5.74) is 0.622. The zero-order valence-electron chi connectivity index (χ0n) is 12.1. The standard InChI is InChI=1S/C15H14N2O4S/c1-20-12-4-3-5-13(9-12)22-15-7-6-11(10-16-21-2)8-14(15)17(18)19/h3-10H,1-2H3. The Labute approximate surface area is 131 Å². The van der Waals surface area contributed by atoms with E-state index in [1.165, 1.54) is 31.2 Å². The number of benzene rings is 2. The fraction of sp³-hybridized carbons (Fsp3) is 0.133. The fourth-order valence-electron chi connectivity index (χ4n) is 1.75. The normalized spacial score (nSPS) is 10.6. The van der Waals surface area contributed by atoms with Crippen molar-refractivity contribution in [2.45, 2.75) is 9.79 Å². The highest BCUT2D eigenvalue weighted by atomic mass is 32.2. The molecule has 0 atom stereocenters. The van der Waals surface area contributed by atoms with Gasteiger partial charge in [-0.15, -0.1) is 0 Å².